The Hall–Kier alpha value is -1.92. The average Bonchev–Trinajstić information content (AvgIpc) is 2.81. The fourth-order valence-corrected chi connectivity index (χ4v) is 4.87. The standard InChI is InChI=1S/C25H33ClN2O3/c1-2-18-7-3-8-19(15-18)24-21(10-4-11-22(24)26)25(31,20-9-5-13-27-16-20)12-6-14-28-23(30)17-29/h3-4,7-8,10-11,15,20,27,29,31H,2,5-6,9,12-14,16-17H2,1H3,(H,28,30). The van der Waals surface area contributed by atoms with Gasteiger partial charge in [-0.25, -0.2) is 0 Å². The summed E-state index contributed by atoms with van der Waals surface area (Å²) in [5, 5.41) is 27.8. The van der Waals surface area contributed by atoms with E-state index in [1.807, 2.05) is 30.3 Å². The van der Waals surface area contributed by atoms with Gasteiger partial charge in [-0.1, -0.05) is 54.9 Å². The Bertz CT molecular complexity index is 883. The normalized spacial score (nSPS) is 18.4. The van der Waals surface area contributed by atoms with Crippen LogP contribution in [0.1, 0.15) is 43.7 Å². The molecule has 0 aromatic heterocycles. The zero-order valence-electron chi connectivity index (χ0n) is 18.2. The van der Waals surface area contributed by atoms with Crippen molar-refractivity contribution in [1.82, 2.24) is 10.6 Å². The number of carbonyl (C=O) groups excluding carboxylic acids is 1. The van der Waals surface area contributed by atoms with Crippen molar-refractivity contribution in [3.63, 3.8) is 0 Å². The average molecular weight is 445 g/mol. The summed E-state index contributed by atoms with van der Waals surface area (Å²) in [6.07, 6.45) is 3.95. The second-order valence-corrected chi connectivity index (χ2v) is 8.70. The van der Waals surface area contributed by atoms with Crippen LogP contribution < -0.4 is 10.6 Å². The van der Waals surface area contributed by atoms with E-state index in [1.165, 1.54) is 5.56 Å². The highest BCUT2D eigenvalue weighted by Gasteiger charge is 2.40. The first-order valence-electron chi connectivity index (χ1n) is 11.2. The Morgan fingerprint density at radius 2 is 2.10 bits per heavy atom. The molecule has 4 N–H and O–H groups in total. The summed E-state index contributed by atoms with van der Waals surface area (Å²) in [5.41, 5.74) is 2.87. The third kappa shape index (κ3) is 5.66. The maximum Gasteiger partial charge on any atom is 0.245 e. The van der Waals surface area contributed by atoms with E-state index >= 15 is 0 Å². The van der Waals surface area contributed by atoms with Crippen molar-refractivity contribution in [3.05, 3.63) is 58.6 Å². The molecule has 6 heteroatoms. The number of carbonyl (C=O) groups is 1. The Labute approximate surface area is 189 Å². The van der Waals surface area contributed by atoms with Crippen LogP contribution in [0.4, 0.5) is 0 Å². The van der Waals surface area contributed by atoms with Crippen LogP contribution in [0.25, 0.3) is 11.1 Å². The number of aryl methyl sites for hydroxylation is 1. The van der Waals surface area contributed by atoms with Crippen LogP contribution in [-0.2, 0) is 16.8 Å². The van der Waals surface area contributed by atoms with Gasteiger partial charge >= 0.3 is 0 Å². The van der Waals surface area contributed by atoms with Crippen LogP contribution in [-0.4, -0.2) is 42.4 Å². The number of benzene rings is 2. The van der Waals surface area contributed by atoms with Crippen molar-refractivity contribution in [2.24, 2.45) is 5.92 Å². The lowest BCUT2D eigenvalue weighted by atomic mass is 9.72. The van der Waals surface area contributed by atoms with Gasteiger partial charge in [0, 0.05) is 29.6 Å². The summed E-state index contributed by atoms with van der Waals surface area (Å²) < 4.78 is 0. The van der Waals surface area contributed by atoms with Gasteiger partial charge in [-0.05, 0) is 61.4 Å². The van der Waals surface area contributed by atoms with Crippen molar-refractivity contribution >= 4 is 17.5 Å². The Kier molecular flexibility index (Phi) is 8.50. The quantitative estimate of drug-likeness (QED) is 0.445. The largest absolute Gasteiger partial charge is 0.387 e. The van der Waals surface area contributed by atoms with Crippen molar-refractivity contribution in [3.8, 4) is 11.1 Å². The summed E-state index contributed by atoms with van der Waals surface area (Å²) in [6.45, 7) is 3.70. The molecule has 0 aliphatic carbocycles. The molecule has 5 nitrogen and oxygen atoms in total. The van der Waals surface area contributed by atoms with E-state index in [1.54, 1.807) is 0 Å². The van der Waals surface area contributed by atoms with Crippen LogP contribution >= 0.6 is 11.6 Å². The van der Waals surface area contributed by atoms with Crippen LogP contribution in [0.5, 0.6) is 0 Å². The van der Waals surface area contributed by atoms with Crippen LogP contribution in [0.2, 0.25) is 5.02 Å². The number of rotatable bonds is 9. The molecule has 0 saturated carbocycles. The number of aliphatic hydroxyl groups is 2. The van der Waals surface area contributed by atoms with Gasteiger partial charge in [-0.3, -0.25) is 4.79 Å². The third-order valence-electron chi connectivity index (χ3n) is 6.28. The molecule has 1 amide bonds. The Balaban J connectivity index is 2.00. The fraction of sp³-hybridized carbons (Fsp3) is 0.480. The van der Waals surface area contributed by atoms with Crippen molar-refractivity contribution in [2.45, 2.75) is 44.6 Å². The molecule has 2 aromatic rings. The minimum absolute atomic E-state index is 0.0429. The Morgan fingerprint density at radius 3 is 2.81 bits per heavy atom. The van der Waals surface area contributed by atoms with Crippen LogP contribution in [0, 0.1) is 5.92 Å². The molecule has 0 bridgehead atoms. The molecule has 3 rings (SSSR count). The van der Waals surface area contributed by atoms with Crippen molar-refractivity contribution < 1.29 is 15.0 Å². The summed E-state index contributed by atoms with van der Waals surface area (Å²) in [7, 11) is 0. The van der Waals surface area contributed by atoms with Crippen LogP contribution in [0.3, 0.4) is 0 Å². The van der Waals surface area contributed by atoms with Gasteiger partial charge < -0.3 is 20.8 Å². The maximum absolute atomic E-state index is 12.2. The second kappa shape index (κ2) is 11.1. The second-order valence-electron chi connectivity index (χ2n) is 8.30. The molecule has 1 heterocycles. The lowest BCUT2D eigenvalue weighted by Crippen LogP contribution is -2.45. The van der Waals surface area contributed by atoms with Gasteiger partial charge in [0.2, 0.25) is 5.91 Å². The van der Waals surface area contributed by atoms with E-state index in [0.29, 0.717) is 24.4 Å². The molecule has 1 fully saturated rings. The zero-order valence-corrected chi connectivity index (χ0v) is 18.9. The lowest BCUT2D eigenvalue weighted by molar-refractivity contribution is -0.123. The first-order chi connectivity index (χ1) is 15.0. The highest BCUT2D eigenvalue weighted by atomic mass is 35.5. The van der Waals surface area contributed by atoms with E-state index < -0.39 is 18.1 Å². The smallest absolute Gasteiger partial charge is 0.245 e. The minimum Gasteiger partial charge on any atom is -0.387 e. The predicted octanol–water partition coefficient (Wildman–Crippen LogP) is 3.65. The van der Waals surface area contributed by atoms with Gasteiger partial charge in [0.05, 0.1) is 5.60 Å². The summed E-state index contributed by atoms with van der Waals surface area (Å²) >= 11 is 6.71. The monoisotopic (exact) mass is 444 g/mol. The number of amides is 1. The fourth-order valence-electron chi connectivity index (χ4n) is 4.58. The number of aliphatic hydroxyl groups excluding tert-OH is 1. The molecule has 2 unspecified atom stereocenters. The molecule has 1 aliphatic heterocycles. The molecule has 0 spiro atoms. The van der Waals surface area contributed by atoms with E-state index in [-0.39, 0.29) is 5.92 Å². The highest BCUT2D eigenvalue weighted by molar-refractivity contribution is 6.33. The van der Waals surface area contributed by atoms with E-state index in [0.717, 1.165) is 49.0 Å². The third-order valence-corrected chi connectivity index (χ3v) is 6.59. The molecular weight excluding hydrogens is 412 g/mol. The topological polar surface area (TPSA) is 81.6 Å². The number of hydrogen-bond donors (Lipinski definition) is 4. The summed E-state index contributed by atoms with van der Waals surface area (Å²) in [6, 6.07) is 14.1. The molecule has 168 valence electrons. The molecule has 31 heavy (non-hydrogen) atoms. The Morgan fingerprint density at radius 1 is 1.29 bits per heavy atom. The molecule has 0 radical (unpaired) electrons. The molecule has 1 aliphatic rings. The van der Waals surface area contributed by atoms with Gasteiger partial charge in [-0.15, -0.1) is 0 Å². The van der Waals surface area contributed by atoms with E-state index in [4.69, 9.17) is 16.7 Å². The number of nitrogens with one attached hydrogen (secondary N) is 2. The number of halogens is 1. The van der Waals surface area contributed by atoms with Gasteiger partial charge in [-0.2, -0.15) is 0 Å². The molecule has 2 atom stereocenters. The van der Waals surface area contributed by atoms with Crippen molar-refractivity contribution in [2.75, 3.05) is 26.2 Å². The first-order valence-corrected chi connectivity index (χ1v) is 11.6. The first kappa shape index (κ1) is 23.7. The highest BCUT2D eigenvalue weighted by Crippen LogP contribution is 2.44. The van der Waals surface area contributed by atoms with E-state index in [2.05, 4.69) is 29.7 Å². The van der Waals surface area contributed by atoms with Gasteiger partial charge in [0.15, 0.2) is 0 Å². The zero-order chi connectivity index (χ0) is 22.3. The van der Waals surface area contributed by atoms with Gasteiger partial charge in [0.25, 0.3) is 0 Å². The maximum atomic E-state index is 12.2. The van der Waals surface area contributed by atoms with Crippen molar-refractivity contribution in [1.29, 1.82) is 0 Å². The minimum atomic E-state index is -1.08. The van der Waals surface area contributed by atoms with E-state index in [9.17, 15) is 9.90 Å². The van der Waals surface area contributed by atoms with Gasteiger partial charge in [0.1, 0.15) is 6.61 Å². The molecule has 2 aromatic carbocycles. The molecular formula is C25H33ClN2O3. The summed E-state index contributed by atoms with van der Waals surface area (Å²) in [5.74, 6) is -0.357. The molecule has 1 saturated heterocycles. The number of hydrogen-bond acceptors (Lipinski definition) is 4. The SMILES string of the molecule is CCc1cccc(-c2c(Cl)cccc2C(O)(CCCNC(=O)CO)C2CCCNC2)c1. The predicted molar refractivity (Wildman–Crippen MR) is 125 cm³/mol. The van der Waals surface area contributed by atoms with Crippen LogP contribution in [0.15, 0.2) is 42.5 Å². The summed E-state index contributed by atoms with van der Waals surface area (Å²) in [4.78, 5) is 11.4. The number of piperidine rings is 1. The lowest BCUT2D eigenvalue weighted by Gasteiger charge is -2.40.